The molecule has 0 saturated carbocycles. The SMILES string of the molecule is Cc1cc(/C=C2\SC(=S)N(Cc3ccc(C(F)(F)F)cc3)C2=O)c(C)n1-c1ccc(O)c(C(=O)O)c1. The van der Waals surface area contributed by atoms with E-state index in [1.54, 1.807) is 16.7 Å². The van der Waals surface area contributed by atoms with Crippen LogP contribution in [0, 0.1) is 13.8 Å². The number of thiocarbonyl (C=S) groups is 1. The Morgan fingerprint density at radius 2 is 1.78 bits per heavy atom. The number of carboxylic acids is 1. The van der Waals surface area contributed by atoms with Crippen molar-refractivity contribution in [2.75, 3.05) is 0 Å². The van der Waals surface area contributed by atoms with Crippen LogP contribution in [0.3, 0.4) is 0 Å². The van der Waals surface area contributed by atoms with Gasteiger partial charge < -0.3 is 14.8 Å². The van der Waals surface area contributed by atoms with E-state index in [1.807, 2.05) is 19.9 Å². The number of thioether (sulfide) groups is 1. The van der Waals surface area contributed by atoms with Crippen LogP contribution < -0.4 is 0 Å². The molecule has 1 aliphatic rings. The Morgan fingerprint density at radius 3 is 2.39 bits per heavy atom. The summed E-state index contributed by atoms with van der Waals surface area (Å²) in [5, 5.41) is 19.1. The maximum Gasteiger partial charge on any atom is 0.416 e. The largest absolute Gasteiger partial charge is 0.507 e. The van der Waals surface area contributed by atoms with E-state index in [-0.39, 0.29) is 23.8 Å². The summed E-state index contributed by atoms with van der Waals surface area (Å²) in [6, 6.07) is 10.7. The molecule has 1 fully saturated rings. The summed E-state index contributed by atoms with van der Waals surface area (Å²) in [5.41, 5.74) is 2.28. The van der Waals surface area contributed by atoms with Crippen LogP contribution in [0.1, 0.15) is 38.4 Å². The lowest BCUT2D eigenvalue weighted by Gasteiger charge is -2.15. The molecule has 1 aromatic heterocycles. The molecule has 3 aromatic rings. The Hall–Kier alpha value is -3.57. The number of carbonyl (C=O) groups is 2. The number of phenols is 1. The molecule has 6 nitrogen and oxygen atoms in total. The van der Waals surface area contributed by atoms with Crippen molar-refractivity contribution in [3.63, 3.8) is 0 Å². The number of aromatic nitrogens is 1. The van der Waals surface area contributed by atoms with Crippen molar-refractivity contribution in [2.24, 2.45) is 0 Å². The van der Waals surface area contributed by atoms with Gasteiger partial charge in [-0.2, -0.15) is 13.2 Å². The lowest BCUT2D eigenvalue weighted by Crippen LogP contribution is -2.27. The van der Waals surface area contributed by atoms with Crippen molar-refractivity contribution in [2.45, 2.75) is 26.6 Å². The highest BCUT2D eigenvalue weighted by Crippen LogP contribution is 2.36. The second kappa shape index (κ2) is 9.47. The van der Waals surface area contributed by atoms with Crippen molar-refractivity contribution >= 4 is 46.3 Å². The van der Waals surface area contributed by atoms with Gasteiger partial charge in [0.1, 0.15) is 15.6 Å². The average Bonchev–Trinajstić information content (AvgIpc) is 3.23. The second-order valence-electron chi connectivity index (χ2n) is 8.13. The van der Waals surface area contributed by atoms with E-state index in [4.69, 9.17) is 12.2 Å². The normalized spacial score (nSPS) is 15.2. The molecule has 0 atom stereocenters. The molecule has 0 unspecified atom stereocenters. The molecule has 2 aromatic carbocycles. The minimum Gasteiger partial charge on any atom is -0.507 e. The smallest absolute Gasteiger partial charge is 0.416 e. The number of nitrogens with zero attached hydrogens (tertiary/aromatic N) is 2. The van der Waals surface area contributed by atoms with E-state index in [0.717, 1.165) is 35.3 Å². The van der Waals surface area contributed by atoms with Gasteiger partial charge in [0.25, 0.3) is 5.91 Å². The summed E-state index contributed by atoms with van der Waals surface area (Å²) in [7, 11) is 0. The van der Waals surface area contributed by atoms with Gasteiger partial charge in [0.2, 0.25) is 0 Å². The Balaban J connectivity index is 1.60. The first-order chi connectivity index (χ1) is 16.9. The molecule has 0 spiro atoms. The number of benzene rings is 2. The third-order valence-electron chi connectivity index (χ3n) is 5.72. The molecule has 0 bridgehead atoms. The molecule has 0 aliphatic carbocycles. The lowest BCUT2D eigenvalue weighted by atomic mass is 10.1. The first-order valence-electron chi connectivity index (χ1n) is 10.5. The molecule has 1 aliphatic heterocycles. The van der Waals surface area contributed by atoms with E-state index >= 15 is 0 Å². The predicted octanol–water partition coefficient (Wildman–Crippen LogP) is 5.92. The molecular formula is C25H19F3N2O4S2. The van der Waals surface area contributed by atoms with Gasteiger partial charge in [-0.05, 0) is 67.4 Å². The maximum atomic E-state index is 13.1. The number of rotatable bonds is 5. The zero-order chi connectivity index (χ0) is 26.4. The fourth-order valence-corrected chi connectivity index (χ4v) is 5.17. The molecule has 2 heterocycles. The number of alkyl halides is 3. The van der Waals surface area contributed by atoms with Gasteiger partial charge in [0.05, 0.1) is 17.0 Å². The zero-order valence-electron chi connectivity index (χ0n) is 19.0. The number of amides is 1. The molecule has 36 heavy (non-hydrogen) atoms. The van der Waals surface area contributed by atoms with Crippen LogP contribution in [0.2, 0.25) is 0 Å². The first kappa shape index (κ1) is 25.5. The number of halogens is 3. The fraction of sp³-hybridized carbons (Fsp3) is 0.160. The van der Waals surface area contributed by atoms with Crippen molar-refractivity contribution in [3.05, 3.63) is 87.1 Å². The predicted molar refractivity (Wildman–Crippen MR) is 134 cm³/mol. The Kier molecular flexibility index (Phi) is 6.72. The van der Waals surface area contributed by atoms with Crippen LogP contribution in [-0.4, -0.2) is 35.9 Å². The van der Waals surface area contributed by atoms with E-state index in [1.165, 1.54) is 29.2 Å². The fourth-order valence-electron chi connectivity index (χ4n) is 3.92. The van der Waals surface area contributed by atoms with Gasteiger partial charge >= 0.3 is 12.1 Å². The van der Waals surface area contributed by atoms with E-state index < -0.39 is 17.7 Å². The number of carbonyl (C=O) groups excluding carboxylic acids is 1. The van der Waals surface area contributed by atoms with Crippen molar-refractivity contribution in [1.29, 1.82) is 0 Å². The number of carboxylic acid groups (broad SMARTS) is 1. The summed E-state index contributed by atoms with van der Waals surface area (Å²) in [6.07, 6.45) is -2.76. The topological polar surface area (TPSA) is 82.8 Å². The highest BCUT2D eigenvalue weighted by Gasteiger charge is 2.33. The molecule has 1 saturated heterocycles. The number of hydrogen-bond acceptors (Lipinski definition) is 5. The van der Waals surface area contributed by atoms with Crippen molar-refractivity contribution in [1.82, 2.24) is 9.47 Å². The Morgan fingerprint density at radius 1 is 1.11 bits per heavy atom. The third kappa shape index (κ3) is 4.89. The van der Waals surface area contributed by atoms with Crippen LogP contribution in [0.15, 0.2) is 53.4 Å². The van der Waals surface area contributed by atoms with E-state index in [9.17, 15) is 33.0 Å². The van der Waals surface area contributed by atoms with Crippen LogP contribution in [0.4, 0.5) is 13.2 Å². The van der Waals surface area contributed by atoms with Gasteiger partial charge in [-0.25, -0.2) is 4.79 Å². The lowest BCUT2D eigenvalue weighted by molar-refractivity contribution is -0.137. The van der Waals surface area contributed by atoms with Crippen LogP contribution in [-0.2, 0) is 17.5 Å². The van der Waals surface area contributed by atoms with Gasteiger partial charge in [0, 0.05) is 17.1 Å². The quantitative estimate of drug-likeness (QED) is 0.314. The molecule has 1 amide bonds. The van der Waals surface area contributed by atoms with Gasteiger partial charge in [-0.1, -0.05) is 36.1 Å². The van der Waals surface area contributed by atoms with Crippen LogP contribution in [0.5, 0.6) is 5.75 Å². The van der Waals surface area contributed by atoms with Crippen LogP contribution >= 0.6 is 24.0 Å². The minimum atomic E-state index is -4.44. The van der Waals surface area contributed by atoms with Gasteiger partial charge in [0.15, 0.2) is 0 Å². The highest BCUT2D eigenvalue weighted by atomic mass is 32.2. The number of hydrogen-bond donors (Lipinski definition) is 2. The monoisotopic (exact) mass is 532 g/mol. The molecule has 0 radical (unpaired) electrons. The van der Waals surface area contributed by atoms with E-state index in [0.29, 0.717) is 26.0 Å². The van der Waals surface area contributed by atoms with Gasteiger partial charge in [-0.3, -0.25) is 9.69 Å². The first-order valence-corrected chi connectivity index (χ1v) is 11.8. The zero-order valence-corrected chi connectivity index (χ0v) is 20.6. The second-order valence-corrected chi connectivity index (χ2v) is 9.81. The maximum absolute atomic E-state index is 13.1. The third-order valence-corrected chi connectivity index (χ3v) is 7.10. The summed E-state index contributed by atoms with van der Waals surface area (Å²) in [4.78, 5) is 26.2. The Bertz CT molecular complexity index is 1430. The standard InChI is InChI=1S/C25H19F3N2O4S2/c1-13-9-16(14(2)30(13)18-7-8-20(31)19(11-18)23(33)34)10-21-22(32)29(24(35)36-21)12-15-3-5-17(6-4-15)25(26,27)28/h3-11,31H,12H2,1-2H3,(H,33,34)/b21-10-. The van der Waals surface area contributed by atoms with E-state index in [2.05, 4.69) is 0 Å². The summed E-state index contributed by atoms with van der Waals surface area (Å²) < 4.78 is 40.5. The molecule has 11 heteroatoms. The van der Waals surface area contributed by atoms with Crippen molar-refractivity contribution < 1.29 is 33.0 Å². The molecule has 186 valence electrons. The molecular weight excluding hydrogens is 513 g/mol. The molecule has 4 rings (SSSR count). The van der Waals surface area contributed by atoms with Crippen molar-refractivity contribution in [3.8, 4) is 11.4 Å². The van der Waals surface area contributed by atoms with Crippen LogP contribution in [0.25, 0.3) is 11.8 Å². The number of aromatic carboxylic acids is 1. The van der Waals surface area contributed by atoms with Gasteiger partial charge in [-0.15, -0.1) is 0 Å². The average molecular weight is 533 g/mol. The number of aromatic hydroxyl groups is 1. The summed E-state index contributed by atoms with van der Waals surface area (Å²) in [6.45, 7) is 3.69. The summed E-state index contributed by atoms with van der Waals surface area (Å²) in [5.74, 6) is -1.95. The Labute approximate surface area is 213 Å². The minimum absolute atomic E-state index is 0.0463. The number of aryl methyl sites for hydroxylation is 1. The highest BCUT2D eigenvalue weighted by molar-refractivity contribution is 8.26. The molecule has 2 N–H and O–H groups in total. The summed E-state index contributed by atoms with van der Waals surface area (Å²) >= 11 is 6.45.